The number of aryl methyl sites for hydroxylation is 2. The van der Waals surface area contributed by atoms with Crippen molar-refractivity contribution in [2.45, 2.75) is 20.4 Å². The van der Waals surface area contributed by atoms with E-state index in [-0.39, 0.29) is 5.76 Å². The summed E-state index contributed by atoms with van der Waals surface area (Å²) in [6.07, 6.45) is 6.87. The van der Waals surface area contributed by atoms with E-state index in [2.05, 4.69) is 22.1 Å². The molecule has 0 spiro atoms. The van der Waals surface area contributed by atoms with Crippen molar-refractivity contribution in [3.05, 3.63) is 46.1 Å². The van der Waals surface area contributed by atoms with Gasteiger partial charge in [-0.2, -0.15) is 4.99 Å². The molecule has 0 unspecified atom stereocenters. The van der Waals surface area contributed by atoms with Crippen LogP contribution in [-0.2, 0) is 6.54 Å². The fraction of sp³-hybridized carbons (Fsp3) is 0.188. The molecule has 0 radical (unpaired) electrons. The minimum atomic E-state index is -0.468. The van der Waals surface area contributed by atoms with E-state index in [9.17, 15) is 4.79 Å². The lowest BCUT2D eigenvalue weighted by Gasteiger charge is -2.02. The normalized spacial score (nSPS) is 11.8. The van der Waals surface area contributed by atoms with Gasteiger partial charge < -0.3 is 9.09 Å². The molecule has 0 bridgehead atoms. The van der Waals surface area contributed by atoms with Crippen LogP contribution in [0.2, 0.25) is 0 Å². The van der Waals surface area contributed by atoms with Crippen LogP contribution in [0.15, 0.2) is 33.9 Å². The maximum Gasteiger partial charge on any atom is 0.318 e. The molecule has 1 amide bonds. The zero-order valence-corrected chi connectivity index (χ0v) is 13.0. The van der Waals surface area contributed by atoms with Gasteiger partial charge in [0.1, 0.15) is 0 Å². The van der Waals surface area contributed by atoms with E-state index in [0.29, 0.717) is 11.3 Å². The average Bonchev–Trinajstić information content (AvgIpc) is 3.09. The smallest absolute Gasteiger partial charge is 0.318 e. The minimum Gasteiger partial charge on any atom is -0.351 e. The molecule has 22 heavy (non-hydrogen) atoms. The van der Waals surface area contributed by atoms with Crippen molar-refractivity contribution in [2.24, 2.45) is 4.99 Å². The number of amides is 1. The van der Waals surface area contributed by atoms with E-state index < -0.39 is 5.91 Å². The molecule has 1 aromatic carbocycles. The van der Waals surface area contributed by atoms with E-state index in [1.807, 2.05) is 24.5 Å². The summed E-state index contributed by atoms with van der Waals surface area (Å²) in [7, 11) is 0. The van der Waals surface area contributed by atoms with Crippen molar-refractivity contribution in [1.82, 2.24) is 9.72 Å². The standard InChI is InChI=1S/C16H13N3O2S/c1-4-7-19-12-9-10(2)8-11(3)14(12)22-16(19)18-15(20)13-5-6-17-21-13/h1,5-6,8-9H,7H2,2-3H3. The molecule has 0 N–H and O–H groups in total. The molecule has 3 rings (SSSR count). The van der Waals surface area contributed by atoms with Crippen molar-refractivity contribution in [2.75, 3.05) is 0 Å². The monoisotopic (exact) mass is 311 g/mol. The number of hydrogen-bond donors (Lipinski definition) is 0. The highest BCUT2D eigenvalue weighted by Gasteiger charge is 2.12. The summed E-state index contributed by atoms with van der Waals surface area (Å²) >= 11 is 1.44. The van der Waals surface area contributed by atoms with Crippen LogP contribution in [0.25, 0.3) is 10.2 Å². The lowest BCUT2D eigenvalue weighted by molar-refractivity contribution is 0.0962. The van der Waals surface area contributed by atoms with Crippen LogP contribution in [0.3, 0.4) is 0 Å². The quantitative estimate of drug-likeness (QED) is 0.684. The number of fused-ring (bicyclic) bond motifs is 1. The van der Waals surface area contributed by atoms with E-state index in [0.717, 1.165) is 21.3 Å². The summed E-state index contributed by atoms with van der Waals surface area (Å²) in [5, 5.41) is 3.52. The minimum absolute atomic E-state index is 0.109. The van der Waals surface area contributed by atoms with E-state index in [4.69, 9.17) is 10.9 Å². The molecular formula is C16H13N3O2S. The van der Waals surface area contributed by atoms with Gasteiger partial charge in [0.05, 0.1) is 23.0 Å². The van der Waals surface area contributed by atoms with Gasteiger partial charge in [-0.15, -0.1) is 6.42 Å². The van der Waals surface area contributed by atoms with E-state index >= 15 is 0 Å². The molecule has 2 aromatic heterocycles. The Morgan fingerprint density at radius 1 is 1.50 bits per heavy atom. The van der Waals surface area contributed by atoms with Crippen molar-refractivity contribution < 1.29 is 9.32 Å². The first-order valence-corrected chi connectivity index (χ1v) is 7.45. The lowest BCUT2D eigenvalue weighted by Crippen LogP contribution is -2.16. The van der Waals surface area contributed by atoms with Crippen molar-refractivity contribution in [1.29, 1.82) is 0 Å². The molecule has 0 saturated carbocycles. The molecule has 3 aromatic rings. The fourth-order valence-corrected chi connectivity index (χ4v) is 3.39. The first-order chi connectivity index (χ1) is 10.6. The predicted octanol–water partition coefficient (Wildman–Crippen LogP) is 2.68. The van der Waals surface area contributed by atoms with Gasteiger partial charge in [0.25, 0.3) is 0 Å². The van der Waals surface area contributed by atoms with Crippen LogP contribution >= 0.6 is 11.3 Å². The van der Waals surface area contributed by atoms with E-state index in [1.54, 1.807) is 0 Å². The summed E-state index contributed by atoms with van der Waals surface area (Å²) in [5.74, 6) is 2.25. The fourth-order valence-electron chi connectivity index (χ4n) is 2.31. The molecule has 110 valence electrons. The third-order valence-electron chi connectivity index (χ3n) is 3.21. The molecule has 0 saturated heterocycles. The number of thiazole rings is 1. The number of hydrogen-bond acceptors (Lipinski definition) is 4. The SMILES string of the molecule is C#CCn1c(=NC(=O)c2ccno2)sc2c(C)cc(C)cc21. The third kappa shape index (κ3) is 2.47. The molecule has 2 heterocycles. The summed E-state index contributed by atoms with van der Waals surface area (Å²) < 4.78 is 7.79. The molecule has 0 aliphatic heterocycles. The maximum atomic E-state index is 12.1. The first-order valence-electron chi connectivity index (χ1n) is 6.64. The van der Waals surface area contributed by atoms with Gasteiger partial charge in [-0.25, -0.2) is 0 Å². The van der Waals surface area contributed by atoms with Gasteiger partial charge in [0, 0.05) is 6.07 Å². The molecule has 5 nitrogen and oxygen atoms in total. The third-order valence-corrected chi connectivity index (χ3v) is 4.44. The summed E-state index contributed by atoms with van der Waals surface area (Å²) in [5.41, 5.74) is 3.27. The number of terminal acetylenes is 1. The zero-order chi connectivity index (χ0) is 15.7. The van der Waals surface area contributed by atoms with Crippen molar-refractivity contribution in [3.8, 4) is 12.3 Å². The van der Waals surface area contributed by atoms with Crippen LogP contribution < -0.4 is 4.80 Å². The molecule has 6 heteroatoms. The molecule has 0 aliphatic carbocycles. The van der Waals surface area contributed by atoms with Crippen molar-refractivity contribution in [3.63, 3.8) is 0 Å². The second-order valence-electron chi connectivity index (χ2n) is 4.90. The Labute approximate surface area is 130 Å². The van der Waals surface area contributed by atoms with Crippen LogP contribution in [0.5, 0.6) is 0 Å². The Bertz CT molecular complexity index is 956. The van der Waals surface area contributed by atoms with Crippen molar-refractivity contribution >= 4 is 27.5 Å². The van der Waals surface area contributed by atoms with Gasteiger partial charge in [-0.3, -0.25) is 4.79 Å². The van der Waals surface area contributed by atoms with Crippen LogP contribution in [0.4, 0.5) is 0 Å². The molecule has 0 fully saturated rings. The largest absolute Gasteiger partial charge is 0.351 e. The Balaban J connectivity index is 2.25. The highest BCUT2D eigenvalue weighted by atomic mass is 32.1. The maximum absolute atomic E-state index is 12.1. The van der Waals surface area contributed by atoms with Gasteiger partial charge >= 0.3 is 5.91 Å². The summed E-state index contributed by atoms with van der Waals surface area (Å²) in [4.78, 5) is 16.8. The summed E-state index contributed by atoms with van der Waals surface area (Å²) in [6, 6.07) is 5.63. The topological polar surface area (TPSA) is 60.4 Å². The number of carbonyl (C=O) groups excluding carboxylic acids is 1. The highest BCUT2D eigenvalue weighted by Crippen LogP contribution is 2.23. The van der Waals surface area contributed by atoms with Crippen LogP contribution in [0.1, 0.15) is 21.7 Å². The van der Waals surface area contributed by atoms with Gasteiger partial charge in [-0.05, 0) is 31.0 Å². The van der Waals surface area contributed by atoms with E-state index in [1.165, 1.54) is 23.6 Å². The average molecular weight is 311 g/mol. The second kappa shape index (κ2) is 5.62. The highest BCUT2D eigenvalue weighted by molar-refractivity contribution is 7.16. The Morgan fingerprint density at radius 3 is 3.00 bits per heavy atom. The number of rotatable bonds is 2. The lowest BCUT2D eigenvalue weighted by atomic mass is 10.1. The molecular weight excluding hydrogens is 298 g/mol. The number of aromatic nitrogens is 2. The molecule has 0 aliphatic rings. The number of nitrogens with zero attached hydrogens (tertiary/aromatic N) is 3. The Hall–Kier alpha value is -2.65. The molecule has 0 atom stereocenters. The first kappa shape index (κ1) is 14.3. The Morgan fingerprint density at radius 2 is 2.32 bits per heavy atom. The predicted molar refractivity (Wildman–Crippen MR) is 84.5 cm³/mol. The zero-order valence-electron chi connectivity index (χ0n) is 12.2. The Kier molecular flexibility index (Phi) is 3.65. The van der Waals surface area contributed by atoms with Crippen LogP contribution in [0, 0.1) is 26.2 Å². The number of benzene rings is 1. The van der Waals surface area contributed by atoms with Crippen LogP contribution in [-0.4, -0.2) is 15.6 Å². The summed E-state index contributed by atoms with van der Waals surface area (Å²) in [6.45, 7) is 4.42. The number of carbonyl (C=O) groups is 1. The second-order valence-corrected chi connectivity index (χ2v) is 5.88. The van der Waals surface area contributed by atoms with Gasteiger partial charge in [0.15, 0.2) is 4.80 Å². The van der Waals surface area contributed by atoms with Gasteiger partial charge in [-0.1, -0.05) is 28.5 Å². The van der Waals surface area contributed by atoms with Gasteiger partial charge in [0.2, 0.25) is 5.76 Å².